The van der Waals surface area contributed by atoms with Crippen molar-refractivity contribution in [2.75, 3.05) is 32.5 Å². The van der Waals surface area contributed by atoms with Gasteiger partial charge in [0.2, 0.25) is 0 Å². The molecule has 5 nitrogen and oxygen atoms in total. The zero-order valence-electron chi connectivity index (χ0n) is 10.2. The Kier molecular flexibility index (Phi) is 3.58. The number of nitrogens with one attached hydrogen (secondary N) is 2. The van der Waals surface area contributed by atoms with Crippen LogP contribution in [-0.2, 0) is 0 Å². The molecule has 2 heterocycles. The lowest BCUT2D eigenvalue weighted by molar-refractivity contribution is 0.0938. The number of anilines is 1. The molecule has 0 radical (unpaired) electrons. The number of carbonyl (C=O) groups is 1. The van der Waals surface area contributed by atoms with Gasteiger partial charge in [-0.3, -0.25) is 4.79 Å². The van der Waals surface area contributed by atoms with E-state index >= 15 is 0 Å². The maximum Gasteiger partial charge on any atom is 0.251 e. The number of hydrogen-bond acceptors (Lipinski definition) is 4. The largest absolute Gasteiger partial charge is 0.373 e. The molecular weight excluding hydrogens is 216 g/mol. The molecule has 5 heteroatoms. The Labute approximate surface area is 101 Å². The molecule has 1 unspecified atom stereocenters. The van der Waals surface area contributed by atoms with E-state index in [9.17, 15) is 4.79 Å². The fourth-order valence-electron chi connectivity index (χ4n) is 2.03. The highest BCUT2D eigenvalue weighted by Gasteiger charge is 2.21. The van der Waals surface area contributed by atoms with Crippen molar-refractivity contribution in [3.63, 3.8) is 0 Å². The van der Waals surface area contributed by atoms with Crippen LogP contribution in [-0.4, -0.2) is 49.0 Å². The summed E-state index contributed by atoms with van der Waals surface area (Å²) in [4.78, 5) is 18.3. The Morgan fingerprint density at radius 2 is 2.41 bits per heavy atom. The van der Waals surface area contributed by atoms with Crippen molar-refractivity contribution in [1.82, 2.24) is 15.2 Å². The fourth-order valence-corrected chi connectivity index (χ4v) is 2.03. The van der Waals surface area contributed by atoms with E-state index in [1.807, 2.05) is 0 Å². The Morgan fingerprint density at radius 1 is 1.59 bits per heavy atom. The van der Waals surface area contributed by atoms with Gasteiger partial charge in [0.1, 0.15) is 5.82 Å². The number of carbonyl (C=O) groups excluding carboxylic acids is 1. The molecule has 1 amide bonds. The van der Waals surface area contributed by atoms with Crippen LogP contribution in [0.25, 0.3) is 0 Å². The van der Waals surface area contributed by atoms with Crippen molar-refractivity contribution in [3.05, 3.63) is 23.9 Å². The van der Waals surface area contributed by atoms with E-state index in [0.717, 1.165) is 19.5 Å². The number of hydrogen-bond donors (Lipinski definition) is 2. The topological polar surface area (TPSA) is 57.3 Å². The van der Waals surface area contributed by atoms with E-state index in [2.05, 4.69) is 27.6 Å². The molecule has 1 saturated heterocycles. The number of nitrogens with zero attached hydrogens (tertiary/aromatic N) is 2. The highest BCUT2D eigenvalue weighted by molar-refractivity contribution is 5.95. The zero-order valence-corrected chi connectivity index (χ0v) is 10.2. The fraction of sp³-hybridized carbons (Fsp3) is 0.500. The van der Waals surface area contributed by atoms with Gasteiger partial charge >= 0.3 is 0 Å². The van der Waals surface area contributed by atoms with Gasteiger partial charge in [0.05, 0.1) is 0 Å². The first-order chi connectivity index (χ1) is 8.19. The van der Waals surface area contributed by atoms with Crippen molar-refractivity contribution in [2.45, 2.75) is 12.5 Å². The van der Waals surface area contributed by atoms with Crippen molar-refractivity contribution < 1.29 is 4.79 Å². The molecule has 0 aliphatic carbocycles. The molecule has 92 valence electrons. The van der Waals surface area contributed by atoms with Gasteiger partial charge in [-0.05, 0) is 32.1 Å². The molecule has 1 atom stereocenters. The second kappa shape index (κ2) is 5.14. The molecular formula is C12H18N4O. The summed E-state index contributed by atoms with van der Waals surface area (Å²) in [6.07, 6.45) is 2.66. The minimum atomic E-state index is -0.0239. The monoisotopic (exact) mass is 234 g/mol. The molecule has 2 rings (SSSR count). The lowest BCUT2D eigenvalue weighted by Gasteiger charge is -2.13. The minimum absolute atomic E-state index is 0.0239. The lowest BCUT2D eigenvalue weighted by Crippen LogP contribution is -2.36. The highest BCUT2D eigenvalue weighted by atomic mass is 16.1. The van der Waals surface area contributed by atoms with Crippen molar-refractivity contribution >= 4 is 11.7 Å². The third kappa shape index (κ3) is 2.94. The summed E-state index contributed by atoms with van der Waals surface area (Å²) >= 11 is 0. The molecule has 1 aromatic heterocycles. The van der Waals surface area contributed by atoms with Gasteiger partial charge in [0.15, 0.2) is 0 Å². The number of aromatic nitrogens is 1. The van der Waals surface area contributed by atoms with Crippen LogP contribution in [0.15, 0.2) is 18.3 Å². The van der Waals surface area contributed by atoms with E-state index < -0.39 is 0 Å². The van der Waals surface area contributed by atoms with Gasteiger partial charge in [-0.15, -0.1) is 0 Å². The molecule has 2 N–H and O–H groups in total. The van der Waals surface area contributed by atoms with Gasteiger partial charge in [-0.25, -0.2) is 4.98 Å². The Balaban J connectivity index is 1.99. The standard InChI is InChI=1S/C12H18N4O/c1-13-11-7-9(3-5-14-11)12(17)15-10-4-6-16(2)8-10/h3,5,7,10H,4,6,8H2,1-2H3,(H,13,14)(H,15,17). The summed E-state index contributed by atoms with van der Waals surface area (Å²) in [5.74, 6) is 0.686. The Morgan fingerprint density at radius 3 is 3.06 bits per heavy atom. The van der Waals surface area contributed by atoms with Crippen molar-refractivity contribution in [1.29, 1.82) is 0 Å². The van der Waals surface area contributed by atoms with Gasteiger partial charge in [0, 0.05) is 31.4 Å². The molecule has 0 spiro atoms. The first kappa shape index (κ1) is 11.9. The van der Waals surface area contributed by atoms with Crippen LogP contribution in [0.2, 0.25) is 0 Å². The molecule has 1 fully saturated rings. The molecule has 1 aliphatic heterocycles. The number of likely N-dealkylation sites (tertiary alicyclic amines) is 1. The first-order valence-electron chi connectivity index (χ1n) is 5.82. The number of rotatable bonds is 3. The summed E-state index contributed by atoms with van der Waals surface area (Å²) in [6.45, 7) is 1.97. The minimum Gasteiger partial charge on any atom is -0.373 e. The first-order valence-corrected chi connectivity index (χ1v) is 5.82. The van der Waals surface area contributed by atoms with Crippen molar-refractivity contribution in [2.24, 2.45) is 0 Å². The van der Waals surface area contributed by atoms with Crippen LogP contribution in [0.1, 0.15) is 16.8 Å². The van der Waals surface area contributed by atoms with E-state index in [1.165, 1.54) is 0 Å². The average molecular weight is 234 g/mol. The third-order valence-electron chi connectivity index (χ3n) is 3.00. The van der Waals surface area contributed by atoms with E-state index in [-0.39, 0.29) is 11.9 Å². The molecule has 0 aromatic carbocycles. The third-order valence-corrected chi connectivity index (χ3v) is 3.00. The summed E-state index contributed by atoms with van der Waals surface area (Å²) in [5.41, 5.74) is 0.652. The van der Waals surface area contributed by atoms with E-state index in [1.54, 1.807) is 25.4 Å². The van der Waals surface area contributed by atoms with E-state index in [4.69, 9.17) is 0 Å². The number of pyridine rings is 1. The maximum atomic E-state index is 12.0. The molecule has 17 heavy (non-hydrogen) atoms. The lowest BCUT2D eigenvalue weighted by atomic mass is 10.2. The summed E-state index contributed by atoms with van der Waals surface area (Å²) in [6, 6.07) is 3.75. The molecule has 0 bridgehead atoms. The Hall–Kier alpha value is -1.62. The normalized spacial score (nSPS) is 20.2. The molecule has 1 aliphatic rings. The van der Waals surface area contributed by atoms with Gasteiger partial charge in [-0.1, -0.05) is 0 Å². The van der Waals surface area contributed by atoms with Crippen LogP contribution in [0.4, 0.5) is 5.82 Å². The second-order valence-electron chi connectivity index (χ2n) is 4.40. The Bertz CT molecular complexity index is 407. The van der Waals surface area contributed by atoms with Crippen LogP contribution in [0.5, 0.6) is 0 Å². The van der Waals surface area contributed by atoms with Crippen LogP contribution in [0, 0.1) is 0 Å². The predicted molar refractivity (Wildman–Crippen MR) is 67.2 cm³/mol. The van der Waals surface area contributed by atoms with Crippen LogP contribution < -0.4 is 10.6 Å². The van der Waals surface area contributed by atoms with Gasteiger partial charge in [0.25, 0.3) is 5.91 Å². The maximum absolute atomic E-state index is 12.0. The number of likely N-dealkylation sites (N-methyl/N-ethyl adjacent to an activating group) is 1. The summed E-state index contributed by atoms with van der Waals surface area (Å²) in [5, 5.41) is 5.96. The van der Waals surface area contributed by atoms with Crippen LogP contribution in [0.3, 0.4) is 0 Å². The SMILES string of the molecule is CNc1cc(C(=O)NC2CCN(C)C2)ccn1. The van der Waals surface area contributed by atoms with Crippen LogP contribution >= 0.6 is 0 Å². The second-order valence-corrected chi connectivity index (χ2v) is 4.40. The predicted octanol–water partition coefficient (Wildman–Crippen LogP) is 0.557. The van der Waals surface area contributed by atoms with Gasteiger partial charge < -0.3 is 15.5 Å². The number of amides is 1. The van der Waals surface area contributed by atoms with E-state index in [0.29, 0.717) is 11.4 Å². The van der Waals surface area contributed by atoms with Crippen molar-refractivity contribution in [3.8, 4) is 0 Å². The quantitative estimate of drug-likeness (QED) is 0.802. The zero-order chi connectivity index (χ0) is 12.3. The highest BCUT2D eigenvalue weighted by Crippen LogP contribution is 2.09. The average Bonchev–Trinajstić information content (AvgIpc) is 2.75. The summed E-state index contributed by atoms with van der Waals surface area (Å²) in [7, 11) is 3.85. The molecule has 1 aromatic rings. The summed E-state index contributed by atoms with van der Waals surface area (Å²) < 4.78 is 0. The smallest absolute Gasteiger partial charge is 0.251 e. The molecule has 0 saturated carbocycles. The van der Waals surface area contributed by atoms with Gasteiger partial charge in [-0.2, -0.15) is 0 Å².